The molecule has 0 saturated carbocycles. The van der Waals surface area contributed by atoms with E-state index in [1.165, 1.54) is 0 Å². The molecule has 2 nitrogen and oxygen atoms in total. The largest absolute Gasteiger partial charge is 0.456 e. The molecule has 0 saturated heterocycles. The number of hydrogen-bond acceptors (Lipinski definition) is 2. The van der Waals surface area contributed by atoms with Crippen molar-refractivity contribution in [2.45, 2.75) is 20.2 Å². The summed E-state index contributed by atoms with van der Waals surface area (Å²) in [6.45, 7) is 3.95. The quantitative estimate of drug-likeness (QED) is 0.636. The number of hydrogen-bond donors (Lipinski definition) is 2. The van der Waals surface area contributed by atoms with Crippen molar-refractivity contribution in [3.05, 3.63) is 34.9 Å². The zero-order valence-corrected chi connectivity index (χ0v) is 7.41. The average molecular weight is 164 g/mol. The van der Waals surface area contributed by atoms with E-state index in [2.05, 4.69) is 0 Å². The molecule has 0 aliphatic heterocycles. The molecule has 0 amide bonds. The van der Waals surface area contributed by atoms with Crippen molar-refractivity contribution in [1.29, 1.82) is 0 Å². The molecule has 12 heavy (non-hydrogen) atoms. The van der Waals surface area contributed by atoms with Crippen LogP contribution in [0, 0.1) is 13.8 Å². The van der Waals surface area contributed by atoms with Crippen LogP contribution >= 0.6 is 0 Å². The SMILES string of the molecule is Cc1cccc(C)c1CB(O)O. The van der Waals surface area contributed by atoms with Crippen molar-refractivity contribution in [2.75, 3.05) is 0 Å². The lowest BCUT2D eigenvalue weighted by atomic mass is 9.79. The summed E-state index contributed by atoms with van der Waals surface area (Å²) >= 11 is 0. The van der Waals surface area contributed by atoms with E-state index in [0.29, 0.717) is 6.32 Å². The van der Waals surface area contributed by atoms with Crippen molar-refractivity contribution < 1.29 is 10.0 Å². The average Bonchev–Trinajstić information content (AvgIpc) is 1.97. The summed E-state index contributed by atoms with van der Waals surface area (Å²) in [5, 5.41) is 17.6. The van der Waals surface area contributed by atoms with E-state index in [0.717, 1.165) is 16.7 Å². The standard InChI is InChI=1S/C9H13BO2/c1-7-4-3-5-8(2)9(7)6-10(11)12/h3-5,11-12H,6H2,1-2H3. The van der Waals surface area contributed by atoms with Gasteiger partial charge in [-0.3, -0.25) is 0 Å². The van der Waals surface area contributed by atoms with Gasteiger partial charge in [0.15, 0.2) is 0 Å². The minimum Gasteiger partial charge on any atom is -0.427 e. The molecule has 0 heterocycles. The van der Waals surface area contributed by atoms with E-state index in [4.69, 9.17) is 10.0 Å². The van der Waals surface area contributed by atoms with Crippen molar-refractivity contribution >= 4 is 7.12 Å². The molecule has 1 aromatic rings. The van der Waals surface area contributed by atoms with Gasteiger partial charge in [-0.05, 0) is 30.5 Å². The highest BCUT2D eigenvalue weighted by Crippen LogP contribution is 2.13. The second kappa shape index (κ2) is 3.74. The van der Waals surface area contributed by atoms with Gasteiger partial charge in [0.1, 0.15) is 0 Å². The van der Waals surface area contributed by atoms with Gasteiger partial charge in [0.05, 0.1) is 0 Å². The summed E-state index contributed by atoms with van der Waals surface area (Å²) in [7, 11) is -1.25. The molecule has 0 unspecified atom stereocenters. The van der Waals surface area contributed by atoms with Crippen LogP contribution in [0.15, 0.2) is 18.2 Å². The molecule has 2 N–H and O–H groups in total. The Morgan fingerprint density at radius 2 is 1.67 bits per heavy atom. The molecule has 0 bridgehead atoms. The first kappa shape index (κ1) is 9.29. The fourth-order valence-electron chi connectivity index (χ4n) is 1.35. The molecule has 0 spiro atoms. The van der Waals surface area contributed by atoms with E-state index >= 15 is 0 Å². The van der Waals surface area contributed by atoms with Gasteiger partial charge in [0.2, 0.25) is 0 Å². The predicted octanol–water partition coefficient (Wildman–Crippen LogP) is 0.858. The summed E-state index contributed by atoms with van der Waals surface area (Å²) in [4.78, 5) is 0. The van der Waals surface area contributed by atoms with Crippen molar-refractivity contribution in [2.24, 2.45) is 0 Å². The van der Waals surface area contributed by atoms with Crippen LogP contribution in [0.2, 0.25) is 0 Å². The maximum Gasteiger partial charge on any atom is 0.456 e. The Hall–Kier alpha value is -0.795. The second-order valence-corrected chi connectivity index (χ2v) is 3.06. The molecule has 3 heteroatoms. The van der Waals surface area contributed by atoms with Gasteiger partial charge < -0.3 is 10.0 Å². The first-order valence-electron chi connectivity index (χ1n) is 4.02. The van der Waals surface area contributed by atoms with E-state index < -0.39 is 7.12 Å². The monoisotopic (exact) mass is 164 g/mol. The molecule has 0 aliphatic carbocycles. The Balaban J connectivity index is 2.96. The maximum absolute atomic E-state index is 8.81. The predicted molar refractivity (Wildman–Crippen MR) is 49.8 cm³/mol. The van der Waals surface area contributed by atoms with Crippen LogP contribution in [-0.2, 0) is 6.32 Å². The molecule has 64 valence electrons. The lowest BCUT2D eigenvalue weighted by Gasteiger charge is -2.07. The molecule has 0 fully saturated rings. The molecular formula is C9H13BO2. The Morgan fingerprint density at radius 1 is 1.17 bits per heavy atom. The zero-order chi connectivity index (χ0) is 9.14. The molecular weight excluding hydrogens is 151 g/mol. The van der Waals surface area contributed by atoms with Crippen molar-refractivity contribution in [3.8, 4) is 0 Å². The number of aryl methyl sites for hydroxylation is 2. The Morgan fingerprint density at radius 3 is 2.08 bits per heavy atom. The molecule has 1 aromatic carbocycles. The molecule has 0 aromatic heterocycles. The first-order chi connectivity index (χ1) is 5.61. The number of benzene rings is 1. The Kier molecular flexibility index (Phi) is 2.90. The van der Waals surface area contributed by atoms with Crippen LogP contribution < -0.4 is 0 Å². The van der Waals surface area contributed by atoms with Crippen LogP contribution in [0.25, 0.3) is 0 Å². The summed E-state index contributed by atoms with van der Waals surface area (Å²) in [6, 6.07) is 5.92. The van der Waals surface area contributed by atoms with Crippen molar-refractivity contribution in [3.63, 3.8) is 0 Å². The first-order valence-corrected chi connectivity index (χ1v) is 4.02. The Bertz CT molecular complexity index is 251. The summed E-state index contributed by atoms with van der Waals surface area (Å²) in [6.07, 6.45) is 0.318. The third kappa shape index (κ3) is 2.09. The van der Waals surface area contributed by atoms with Gasteiger partial charge >= 0.3 is 7.12 Å². The van der Waals surface area contributed by atoms with Crippen LogP contribution in [0.4, 0.5) is 0 Å². The van der Waals surface area contributed by atoms with Gasteiger partial charge in [-0.2, -0.15) is 0 Å². The molecule has 0 radical (unpaired) electrons. The third-order valence-electron chi connectivity index (χ3n) is 2.03. The summed E-state index contributed by atoms with van der Waals surface area (Å²) in [5.41, 5.74) is 3.26. The minimum absolute atomic E-state index is 0.318. The fraction of sp³-hybridized carbons (Fsp3) is 0.333. The lowest BCUT2D eigenvalue weighted by molar-refractivity contribution is 0.405. The van der Waals surface area contributed by atoms with Crippen LogP contribution in [0.5, 0.6) is 0 Å². The van der Waals surface area contributed by atoms with E-state index in [1.54, 1.807) is 0 Å². The molecule has 0 atom stereocenters. The number of rotatable bonds is 2. The van der Waals surface area contributed by atoms with E-state index in [9.17, 15) is 0 Å². The van der Waals surface area contributed by atoms with Gasteiger partial charge in [0, 0.05) is 6.32 Å². The highest BCUT2D eigenvalue weighted by atomic mass is 16.4. The van der Waals surface area contributed by atoms with Crippen LogP contribution in [-0.4, -0.2) is 17.2 Å². The second-order valence-electron chi connectivity index (χ2n) is 3.06. The molecule has 1 rings (SSSR count). The van der Waals surface area contributed by atoms with Gasteiger partial charge in [0.25, 0.3) is 0 Å². The van der Waals surface area contributed by atoms with Gasteiger partial charge in [-0.15, -0.1) is 0 Å². The van der Waals surface area contributed by atoms with Gasteiger partial charge in [-0.25, -0.2) is 0 Å². The third-order valence-corrected chi connectivity index (χ3v) is 2.03. The normalized spacial score (nSPS) is 10.0. The van der Waals surface area contributed by atoms with E-state index in [1.807, 2.05) is 32.0 Å². The zero-order valence-electron chi connectivity index (χ0n) is 7.41. The molecule has 0 aliphatic rings. The maximum atomic E-state index is 8.81. The topological polar surface area (TPSA) is 40.5 Å². The van der Waals surface area contributed by atoms with E-state index in [-0.39, 0.29) is 0 Å². The highest BCUT2D eigenvalue weighted by molar-refractivity contribution is 6.40. The summed E-state index contributed by atoms with van der Waals surface area (Å²) < 4.78 is 0. The Labute approximate surface area is 73.0 Å². The van der Waals surface area contributed by atoms with Gasteiger partial charge in [-0.1, -0.05) is 18.2 Å². The van der Waals surface area contributed by atoms with Crippen LogP contribution in [0.3, 0.4) is 0 Å². The fourth-order valence-corrected chi connectivity index (χ4v) is 1.35. The summed E-state index contributed by atoms with van der Waals surface area (Å²) in [5.74, 6) is 0. The highest BCUT2D eigenvalue weighted by Gasteiger charge is 2.11. The lowest BCUT2D eigenvalue weighted by Crippen LogP contribution is -2.16. The van der Waals surface area contributed by atoms with Crippen LogP contribution in [0.1, 0.15) is 16.7 Å². The minimum atomic E-state index is -1.25. The van der Waals surface area contributed by atoms with Crippen molar-refractivity contribution in [1.82, 2.24) is 0 Å². The smallest absolute Gasteiger partial charge is 0.427 e.